The Labute approximate surface area is 137 Å². The van der Waals surface area contributed by atoms with Crippen molar-refractivity contribution < 1.29 is 4.79 Å². The molecule has 0 spiro atoms. The fourth-order valence-electron chi connectivity index (χ4n) is 2.95. The van der Waals surface area contributed by atoms with Gasteiger partial charge >= 0.3 is 0 Å². The van der Waals surface area contributed by atoms with Gasteiger partial charge in [0.2, 0.25) is 0 Å². The van der Waals surface area contributed by atoms with Crippen molar-refractivity contribution in [3.05, 3.63) is 46.8 Å². The minimum Gasteiger partial charge on any atom is -0.349 e. The normalized spacial score (nSPS) is 14.6. The van der Waals surface area contributed by atoms with Gasteiger partial charge in [0.15, 0.2) is 5.69 Å². The van der Waals surface area contributed by atoms with Crippen LogP contribution in [0, 0.1) is 6.92 Å². The molecule has 1 aliphatic carbocycles. The third-order valence-corrected chi connectivity index (χ3v) is 4.49. The third-order valence-electron chi connectivity index (χ3n) is 4.49. The lowest BCUT2D eigenvalue weighted by Gasteiger charge is -2.10. The maximum Gasteiger partial charge on any atom is 0.272 e. The number of carbonyl (C=O) groups excluding carboxylic acids is 1. The van der Waals surface area contributed by atoms with E-state index in [9.17, 15) is 4.79 Å². The highest BCUT2D eigenvalue weighted by atomic mass is 16.2. The summed E-state index contributed by atoms with van der Waals surface area (Å²) in [5.74, 6) is -0.0730. The summed E-state index contributed by atoms with van der Waals surface area (Å²) in [7, 11) is 1.89. The molecule has 0 saturated heterocycles. The van der Waals surface area contributed by atoms with Gasteiger partial charge in [0.05, 0.1) is 5.69 Å². The number of hydrogen-bond donors (Lipinski definition) is 2. The summed E-state index contributed by atoms with van der Waals surface area (Å²) in [6, 6.07) is 8.52. The molecule has 3 rings (SSSR count). The average molecular weight is 312 g/mol. The molecule has 0 saturated carbocycles. The van der Waals surface area contributed by atoms with Gasteiger partial charge < -0.3 is 10.6 Å². The second kappa shape index (κ2) is 6.54. The van der Waals surface area contributed by atoms with Gasteiger partial charge in [-0.15, -0.1) is 0 Å². The molecule has 1 amide bonds. The number of likely N-dealkylation sites (N-methyl/N-ethyl adjacent to an activating group) is 1. The number of carbonyl (C=O) groups is 1. The number of hydrogen-bond acceptors (Lipinski definition) is 3. The molecule has 1 unspecified atom stereocenters. The molecule has 0 radical (unpaired) electrons. The monoisotopic (exact) mass is 312 g/mol. The number of fused-ring (bicyclic) bond motifs is 1. The Balaban J connectivity index is 1.89. The van der Waals surface area contributed by atoms with Crippen molar-refractivity contribution in [2.45, 2.75) is 39.2 Å². The molecule has 122 valence electrons. The maximum atomic E-state index is 12.5. The van der Waals surface area contributed by atoms with E-state index in [1.165, 1.54) is 11.3 Å². The Hall–Kier alpha value is -2.14. The van der Waals surface area contributed by atoms with Gasteiger partial charge in [-0.3, -0.25) is 4.79 Å². The molecule has 1 aliphatic rings. The van der Waals surface area contributed by atoms with Crippen LogP contribution >= 0.6 is 0 Å². The van der Waals surface area contributed by atoms with E-state index in [4.69, 9.17) is 0 Å². The van der Waals surface area contributed by atoms with Crippen LogP contribution < -0.4 is 10.6 Å². The largest absolute Gasteiger partial charge is 0.349 e. The smallest absolute Gasteiger partial charge is 0.272 e. The molecule has 1 aromatic heterocycles. The van der Waals surface area contributed by atoms with Crippen LogP contribution in [0.4, 0.5) is 0 Å². The van der Waals surface area contributed by atoms with Gasteiger partial charge in [-0.25, -0.2) is 4.68 Å². The molecular weight excluding hydrogens is 288 g/mol. The van der Waals surface area contributed by atoms with Crippen molar-refractivity contribution in [3.8, 4) is 5.69 Å². The Bertz CT molecular complexity index is 703. The molecule has 2 aromatic rings. The highest BCUT2D eigenvalue weighted by molar-refractivity contribution is 5.94. The predicted octanol–water partition coefficient (Wildman–Crippen LogP) is 2.01. The van der Waals surface area contributed by atoms with Crippen LogP contribution in [-0.4, -0.2) is 35.3 Å². The number of amides is 1. The van der Waals surface area contributed by atoms with E-state index in [0.717, 1.165) is 30.5 Å². The number of nitrogens with one attached hydrogen (secondary N) is 2. The van der Waals surface area contributed by atoms with E-state index in [-0.39, 0.29) is 11.9 Å². The summed E-state index contributed by atoms with van der Waals surface area (Å²) in [5, 5.41) is 10.7. The van der Waals surface area contributed by atoms with E-state index < -0.39 is 0 Å². The Kier molecular flexibility index (Phi) is 4.48. The second-order valence-corrected chi connectivity index (χ2v) is 6.27. The van der Waals surface area contributed by atoms with Gasteiger partial charge in [-0.1, -0.05) is 17.7 Å². The highest BCUT2D eigenvalue weighted by Crippen LogP contribution is 2.27. The topological polar surface area (TPSA) is 58.9 Å². The number of nitrogens with zero attached hydrogens (tertiary/aromatic N) is 2. The molecule has 0 aliphatic heterocycles. The number of rotatable bonds is 5. The summed E-state index contributed by atoms with van der Waals surface area (Å²) < 4.78 is 1.94. The van der Waals surface area contributed by atoms with Crippen LogP contribution in [0.15, 0.2) is 24.3 Å². The highest BCUT2D eigenvalue weighted by Gasteiger charge is 2.26. The molecular formula is C18H24N4O. The summed E-state index contributed by atoms with van der Waals surface area (Å²) in [6.45, 7) is 4.70. The maximum absolute atomic E-state index is 12.5. The van der Waals surface area contributed by atoms with Crippen LogP contribution in [0.1, 0.15) is 40.7 Å². The molecule has 23 heavy (non-hydrogen) atoms. The van der Waals surface area contributed by atoms with Crippen molar-refractivity contribution in [1.82, 2.24) is 20.4 Å². The summed E-state index contributed by atoms with van der Waals surface area (Å²) in [6.07, 6.45) is 3.01. The van der Waals surface area contributed by atoms with E-state index in [1.54, 1.807) is 0 Å². The molecule has 1 heterocycles. The minimum absolute atomic E-state index is 0.0730. The molecule has 0 fully saturated rings. The van der Waals surface area contributed by atoms with E-state index >= 15 is 0 Å². The van der Waals surface area contributed by atoms with Crippen molar-refractivity contribution in [1.29, 1.82) is 0 Å². The summed E-state index contributed by atoms with van der Waals surface area (Å²) in [4.78, 5) is 12.5. The zero-order valence-corrected chi connectivity index (χ0v) is 14.0. The zero-order chi connectivity index (χ0) is 16.4. The fraction of sp³-hybridized carbons (Fsp3) is 0.444. The van der Waals surface area contributed by atoms with Gasteiger partial charge in [0, 0.05) is 23.8 Å². The van der Waals surface area contributed by atoms with Gasteiger partial charge in [0.1, 0.15) is 0 Å². The van der Waals surface area contributed by atoms with Gasteiger partial charge in [-0.2, -0.15) is 5.10 Å². The Morgan fingerprint density at radius 2 is 2.04 bits per heavy atom. The van der Waals surface area contributed by atoms with Gasteiger partial charge in [0.25, 0.3) is 5.91 Å². The first-order chi connectivity index (χ1) is 11.1. The summed E-state index contributed by atoms with van der Waals surface area (Å²) >= 11 is 0. The van der Waals surface area contributed by atoms with Crippen molar-refractivity contribution in [2.24, 2.45) is 0 Å². The van der Waals surface area contributed by atoms with Crippen LogP contribution in [0.25, 0.3) is 5.69 Å². The molecule has 0 bridgehead atoms. The first kappa shape index (κ1) is 15.7. The second-order valence-electron chi connectivity index (χ2n) is 6.27. The number of aryl methyl sites for hydroxylation is 1. The SMILES string of the molecule is CNC(C)CNC(=O)c1nn(-c2ccc(C)cc2)c2c1CCC2. The van der Waals surface area contributed by atoms with E-state index in [1.807, 2.05) is 18.7 Å². The summed E-state index contributed by atoms with van der Waals surface area (Å²) in [5.41, 5.74) is 5.12. The molecule has 2 N–H and O–H groups in total. The third kappa shape index (κ3) is 3.15. The lowest BCUT2D eigenvalue weighted by molar-refractivity contribution is 0.0944. The average Bonchev–Trinajstić information content (AvgIpc) is 3.15. The lowest BCUT2D eigenvalue weighted by Crippen LogP contribution is -2.37. The first-order valence-corrected chi connectivity index (χ1v) is 8.23. The number of aromatic nitrogens is 2. The van der Waals surface area contributed by atoms with Crippen molar-refractivity contribution in [2.75, 3.05) is 13.6 Å². The predicted molar refractivity (Wildman–Crippen MR) is 91.2 cm³/mol. The molecule has 5 heteroatoms. The van der Waals surface area contributed by atoms with E-state index in [2.05, 4.69) is 46.9 Å². The lowest BCUT2D eigenvalue weighted by atomic mass is 10.2. The molecule has 1 aromatic carbocycles. The minimum atomic E-state index is -0.0730. The molecule has 1 atom stereocenters. The quantitative estimate of drug-likeness (QED) is 0.888. The van der Waals surface area contributed by atoms with Crippen LogP contribution in [0.5, 0.6) is 0 Å². The standard InChI is InChI=1S/C18H24N4O/c1-12-7-9-14(10-8-12)22-16-6-4-5-15(16)17(21-22)18(23)20-11-13(2)19-3/h7-10,13,19H,4-6,11H2,1-3H3,(H,20,23). The Morgan fingerprint density at radius 1 is 1.30 bits per heavy atom. The van der Waals surface area contributed by atoms with Crippen LogP contribution in [0.3, 0.4) is 0 Å². The molecule has 5 nitrogen and oxygen atoms in total. The van der Waals surface area contributed by atoms with Crippen LogP contribution in [0.2, 0.25) is 0 Å². The zero-order valence-electron chi connectivity index (χ0n) is 14.0. The van der Waals surface area contributed by atoms with Crippen molar-refractivity contribution in [3.63, 3.8) is 0 Å². The first-order valence-electron chi connectivity index (χ1n) is 8.23. The van der Waals surface area contributed by atoms with Gasteiger partial charge in [-0.05, 0) is 52.3 Å². The fourth-order valence-corrected chi connectivity index (χ4v) is 2.95. The van der Waals surface area contributed by atoms with E-state index in [0.29, 0.717) is 12.2 Å². The van der Waals surface area contributed by atoms with Crippen LogP contribution in [-0.2, 0) is 12.8 Å². The van der Waals surface area contributed by atoms with Crippen molar-refractivity contribution >= 4 is 5.91 Å². The number of benzene rings is 1. The Morgan fingerprint density at radius 3 is 2.74 bits per heavy atom.